The molecule has 6 nitrogen and oxygen atoms in total. The monoisotopic (exact) mass is 462 g/mol. The van der Waals surface area contributed by atoms with Crippen molar-refractivity contribution in [2.24, 2.45) is 0 Å². The van der Waals surface area contributed by atoms with E-state index < -0.39 is 17.4 Å². The quantitative estimate of drug-likeness (QED) is 0.525. The summed E-state index contributed by atoms with van der Waals surface area (Å²) >= 11 is 6.06. The van der Waals surface area contributed by atoms with Crippen molar-refractivity contribution in [3.63, 3.8) is 0 Å². The maximum Gasteiger partial charge on any atom is 0.410 e. The van der Waals surface area contributed by atoms with Crippen LogP contribution in [0.25, 0.3) is 0 Å². The molecular formula is C24H28ClFN2O4. The molecule has 0 aromatic heterocycles. The van der Waals surface area contributed by atoms with Gasteiger partial charge in [0.1, 0.15) is 11.4 Å². The largest absolute Gasteiger partial charge is 0.462 e. The van der Waals surface area contributed by atoms with Gasteiger partial charge in [-0.2, -0.15) is 0 Å². The molecule has 0 aliphatic carbocycles. The normalized spacial score (nSPS) is 16.1. The highest BCUT2D eigenvalue weighted by Crippen LogP contribution is 2.34. The lowest BCUT2D eigenvalue weighted by atomic mass is 10.1. The van der Waals surface area contributed by atoms with Crippen molar-refractivity contribution in [3.05, 3.63) is 58.9 Å². The van der Waals surface area contributed by atoms with E-state index in [0.717, 1.165) is 5.69 Å². The Morgan fingerprint density at radius 2 is 1.81 bits per heavy atom. The van der Waals surface area contributed by atoms with Crippen LogP contribution in [0.2, 0.25) is 5.02 Å². The van der Waals surface area contributed by atoms with Gasteiger partial charge in [0.25, 0.3) is 0 Å². The molecule has 8 heteroatoms. The molecule has 0 radical (unpaired) electrons. The summed E-state index contributed by atoms with van der Waals surface area (Å²) in [5, 5.41) is 0.0117. The van der Waals surface area contributed by atoms with E-state index in [-0.39, 0.29) is 17.2 Å². The van der Waals surface area contributed by atoms with E-state index in [0.29, 0.717) is 37.4 Å². The molecule has 32 heavy (non-hydrogen) atoms. The Labute approximate surface area is 192 Å². The minimum absolute atomic E-state index is 0.0117. The van der Waals surface area contributed by atoms with Gasteiger partial charge in [-0.1, -0.05) is 11.6 Å². The fourth-order valence-corrected chi connectivity index (χ4v) is 3.80. The van der Waals surface area contributed by atoms with Crippen LogP contribution in [-0.2, 0) is 9.47 Å². The topological polar surface area (TPSA) is 59.1 Å². The molecule has 1 fully saturated rings. The van der Waals surface area contributed by atoms with Gasteiger partial charge in [-0.05, 0) is 76.6 Å². The van der Waals surface area contributed by atoms with E-state index in [1.165, 1.54) is 6.07 Å². The number of ether oxygens (including phenoxy) is 2. The van der Waals surface area contributed by atoms with Gasteiger partial charge in [-0.15, -0.1) is 0 Å². The molecule has 0 N–H and O–H groups in total. The number of amides is 1. The van der Waals surface area contributed by atoms with E-state index in [1.807, 2.05) is 25.7 Å². The van der Waals surface area contributed by atoms with Crippen LogP contribution in [0, 0.1) is 5.82 Å². The minimum atomic E-state index is -0.581. The number of nitrogens with zero attached hydrogens (tertiary/aromatic N) is 2. The summed E-state index contributed by atoms with van der Waals surface area (Å²) < 4.78 is 24.4. The van der Waals surface area contributed by atoms with Crippen molar-refractivity contribution in [1.82, 2.24) is 4.90 Å². The first-order valence-electron chi connectivity index (χ1n) is 10.6. The molecule has 1 atom stereocenters. The average Bonchev–Trinajstić information content (AvgIpc) is 3.20. The van der Waals surface area contributed by atoms with Gasteiger partial charge in [-0.25, -0.2) is 14.0 Å². The zero-order valence-corrected chi connectivity index (χ0v) is 19.5. The Hall–Kier alpha value is -2.80. The SMILES string of the molecule is CCOC(=O)c1ccc(N(c2ccc(F)c(Cl)c2)[C@H]2CCN(C(=O)OC(C)(C)C)C2)cc1. The summed E-state index contributed by atoms with van der Waals surface area (Å²) in [6, 6.07) is 11.4. The van der Waals surface area contributed by atoms with Crippen molar-refractivity contribution in [1.29, 1.82) is 0 Å². The number of benzene rings is 2. The number of anilines is 2. The highest BCUT2D eigenvalue weighted by atomic mass is 35.5. The van der Waals surface area contributed by atoms with Crippen LogP contribution >= 0.6 is 11.6 Å². The van der Waals surface area contributed by atoms with Crippen molar-refractivity contribution < 1.29 is 23.5 Å². The third kappa shape index (κ3) is 5.71. The van der Waals surface area contributed by atoms with Gasteiger partial charge < -0.3 is 19.3 Å². The number of rotatable bonds is 5. The van der Waals surface area contributed by atoms with Gasteiger partial charge in [0, 0.05) is 24.5 Å². The highest BCUT2D eigenvalue weighted by molar-refractivity contribution is 6.31. The predicted octanol–water partition coefficient (Wildman–Crippen LogP) is 5.80. The standard InChI is InChI=1S/C24H28ClFN2O4/c1-5-31-22(29)16-6-8-17(9-7-16)28(18-10-11-21(26)20(25)14-18)19-12-13-27(15-19)23(30)32-24(2,3)4/h6-11,14,19H,5,12-13,15H2,1-4H3/t19-/m0/s1. The molecule has 2 aromatic rings. The van der Waals surface area contributed by atoms with Gasteiger partial charge in [0.2, 0.25) is 0 Å². The number of esters is 1. The van der Waals surface area contributed by atoms with Crippen molar-refractivity contribution in [2.75, 3.05) is 24.6 Å². The summed E-state index contributed by atoms with van der Waals surface area (Å²) in [5.41, 5.74) is 1.34. The van der Waals surface area contributed by atoms with Crippen LogP contribution in [-0.4, -0.2) is 48.3 Å². The van der Waals surface area contributed by atoms with Gasteiger partial charge in [0.05, 0.1) is 23.2 Å². The predicted molar refractivity (Wildman–Crippen MR) is 122 cm³/mol. The summed E-state index contributed by atoms with van der Waals surface area (Å²) in [7, 11) is 0. The first kappa shape index (κ1) is 23.9. The maximum absolute atomic E-state index is 13.8. The number of hydrogen-bond acceptors (Lipinski definition) is 5. The van der Waals surface area contributed by atoms with E-state index >= 15 is 0 Å². The lowest BCUT2D eigenvalue weighted by molar-refractivity contribution is 0.0292. The van der Waals surface area contributed by atoms with Gasteiger partial charge >= 0.3 is 12.1 Å². The average molecular weight is 463 g/mol. The van der Waals surface area contributed by atoms with Crippen molar-refractivity contribution in [2.45, 2.75) is 45.8 Å². The summed E-state index contributed by atoms with van der Waals surface area (Å²) in [6.45, 7) is 8.50. The van der Waals surface area contributed by atoms with Crippen molar-refractivity contribution in [3.8, 4) is 0 Å². The second-order valence-electron chi connectivity index (χ2n) is 8.60. The molecule has 1 saturated heterocycles. The molecule has 2 aromatic carbocycles. The van der Waals surface area contributed by atoms with Crippen LogP contribution in [0.4, 0.5) is 20.6 Å². The Kier molecular flexibility index (Phi) is 7.29. The molecule has 1 amide bonds. The van der Waals surface area contributed by atoms with E-state index in [9.17, 15) is 14.0 Å². The first-order valence-corrected chi connectivity index (χ1v) is 11.0. The molecular weight excluding hydrogens is 435 g/mol. The Morgan fingerprint density at radius 1 is 1.16 bits per heavy atom. The smallest absolute Gasteiger partial charge is 0.410 e. The molecule has 1 aliphatic heterocycles. The Balaban J connectivity index is 1.89. The second-order valence-corrected chi connectivity index (χ2v) is 9.01. The fourth-order valence-electron chi connectivity index (χ4n) is 3.62. The van der Waals surface area contributed by atoms with Crippen LogP contribution in [0.1, 0.15) is 44.5 Å². The van der Waals surface area contributed by atoms with E-state index in [1.54, 1.807) is 48.2 Å². The fraction of sp³-hybridized carbons (Fsp3) is 0.417. The molecule has 0 unspecified atom stereocenters. The number of carbonyl (C=O) groups excluding carboxylic acids is 2. The lowest BCUT2D eigenvalue weighted by Crippen LogP contribution is -2.39. The van der Waals surface area contributed by atoms with Crippen LogP contribution in [0.15, 0.2) is 42.5 Å². The van der Waals surface area contributed by atoms with Gasteiger partial charge in [0.15, 0.2) is 0 Å². The summed E-state index contributed by atoms with van der Waals surface area (Å²) in [4.78, 5) is 28.2. The van der Waals surface area contributed by atoms with Crippen LogP contribution in [0.5, 0.6) is 0 Å². The Bertz CT molecular complexity index is 975. The molecule has 1 aliphatic rings. The zero-order valence-electron chi connectivity index (χ0n) is 18.7. The molecule has 172 valence electrons. The van der Waals surface area contributed by atoms with Gasteiger partial charge in [-0.3, -0.25) is 0 Å². The van der Waals surface area contributed by atoms with Crippen LogP contribution in [0.3, 0.4) is 0 Å². The number of halogens is 2. The molecule has 0 bridgehead atoms. The third-order valence-corrected chi connectivity index (χ3v) is 5.31. The second kappa shape index (κ2) is 9.77. The van der Waals surface area contributed by atoms with Crippen molar-refractivity contribution >= 4 is 35.0 Å². The molecule has 3 rings (SSSR count). The van der Waals surface area contributed by atoms with Crippen LogP contribution < -0.4 is 4.90 Å². The van der Waals surface area contributed by atoms with E-state index in [4.69, 9.17) is 21.1 Å². The van der Waals surface area contributed by atoms with E-state index in [2.05, 4.69) is 0 Å². The summed E-state index contributed by atoms with van der Waals surface area (Å²) in [6.07, 6.45) is 0.322. The molecule has 0 spiro atoms. The Morgan fingerprint density at radius 3 is 2.41 bits per heavy atom. The number of hydrogen-bond donors (Lipinski definition) is 0. The third-order valence-electron chi connectivity index (χ3n) is 5.02. The minimum Gasteiger partial charge on any atom is -0.462 e. The lowest BCUT2D eigenvalue weighted by Gasteiger charge is -2.32. The zero-order chi connectivity index (χ0) is 23.5. The first-order chi connectivity index (χ1) is 15.1. The number of carbonyl (C=O) groups is 2. The summed E-state index contributed by atoms with van der Waals surface area (Å²) in [5.74, 6) is -0.901. The highest BCUT2D eigenvalue weighted by Gasteiger charge is 2.34. The number of likely N-dealkylation sites (tertiary alicyclic amines) is 1. The molecule has 1 heterocycles. The maximum atomic E-state index is 13.8. The molecule has 0 saturated carbocycles.